The Morgan fingerprint density at radius 1 is 1.38 bits per heavy atom. The summed E-state index contributed by atoms with van der Waals surface area (Å²) in [5.41, 5.74) is -1.43. The van der Waals surface area contributed by atoms with Gasteiger partial charge in [-0.1, -0.05) is 17.7 Å². The summed E-state index contributed by atoms with van der Waals surface area (Å²) in [6.07, 6.45) is -4.57. The van der Waals surface area contributed by atoms with Gasteiger partial charge in [0.25, 0.3) is 0 Å². The number of benzene rings is 1. The van der Waals surface area contributed by atoms with Crippen molar-refractivity contribution in [2.24, 2.45) is 0 Å². The number of para-hydroxylation sites is 1. The quantitative estimate of drug-likeness (QED) is 0.792. The molecule has 0 aliphatic rings. The van der Waals surface area contributed by atoms with Gasteiger partial charge in [-0.15, -0.1) is 0 Å². The third-order valence-electron chi connectivity index (χ3n) is 1.78. The molecule has 2 amide bonds. The van der Waals surface area contributed by atoms with Crippen LogP contribution in [0.15, 0.2) is 18.2 Å². The number of carbonyl (C=O) groups is 1. The molecule has 3 nitrogen and oxygen atoms in total. The highest BCUT2D eigenvalue weighted by Crippen LogP contribution is 2.38. The second-order valence-electron chi connectivity index (χ2n) is 2.86. The van der Waals surface area contributed by atoms with Crippen LogP contribution in [-0.4, -0.2) is 13.1 Å². The Morgan fingerprint density at radius 3 is 2.50 bits per heavy atom. The number of rotatable bonds is 1. The van der Waals surface area contributed by atoms with E-state index in [9.17, 15) is 18.0 Å². The maximum Gasteiger partial charge on any atom is 0.418 e. The number of urea groups is 1. The Morgan fingerprint density at radius 2 is 2.00 bits per heavy atom. The fraction of sp³-hybridized carbons (Fsp3) is 0.222. The molecule has 0 fully saturated rings. The first-order valence-corrected chi connectivity index (χ1v) is 4.58. The van der Waals surface area contributed by atoms with Crippen molar-refractivity contribution in [2.75, 3.05) is 12.4 Å². The van der Waals surface area contributed by atoms with E-state index in [1.54, 1.807) is 0 Å². The summed E-state index contributed by atoms with van der Waals surface area (Å²) in [6.45, 7) is 0. The summed E-state index contributed by atoms with van der Waals surface area (Å²) in [4.78, 5) is 11.0. The number of carbonyl (C=O) groups excluding carboxylic acids is 1. The highest BCUT2D eigenvalue weighted by atomic mass is 35.5. The SMILES string of the molecule is CNC(=O)Nc1c(Cl)cccc1C(F)(F)F. The standard InChI is InChI=1S/C9H8ClF3N2O/c1-14-8(16)15-7-5(9(11,12)13)3-2-4-6(7)10/h2-4H,1H3,(H2,14,15,16). The van der Waals surface area contributed by atoms with Crippen molar-refractivity contribution in [2.45, 2.75) is 6.18 Å². The lowest BCUT2D eigenvalue weighted by Gasteiger charge is -2.14. The molecule has 1 aromatic rings. The molecule has 0 atom stereocenters. The van der Waals surface area contributed by atoms with Crippen molar-refractivity contribution in [3.05, 3.63) is 28.8 Å². The number of anilines is 1. The van der Waals surface area contributed by atoms with Crippen LogP contribution in [-0.2, 0) is 6.18 Å². The number of alkyl halides is 3. The second kappa shape index (κ2) is 4.61. The van der Waals surface area contributed by atoms with Gasteiger partial charge < -0.3 is 10.6 Å². The lowest BCUT2D eigenvalue weighted by atomic mass is 10.1. The Kier molecular flexibility index (Phi) is 3.64. The van der Waals surface area contributed by atoms with Crippen molar-refractivity contribution >= 4 is 23.3 Å². The maximum atomic E-state index is 12.6. The molecule has 0 radical (unpaired) electrons. The van der Waals surface area contributed by atoms with Gasteiger partial charge in [0.1, 0.15) is 0 Å². The molecular weight excluding hydrogens is 245 g/mol. The molecule has 7 heteroatoms. The van der Waals surface area contributed by atoms with E-state index in [-0.39, 0.29) is 5.02 Å². The zero-order chi connectivity index (χ0) is 12.3. The van der Waals surface area contributed by atoms with Gasteiger partial charge in [0, 0.05) is 7.05 Å². The van der Waals surface area contributed by atoms with Gasteiger partial charge in [-0.05, 0) is 12.1 Å². The predicted molar refractivity (Wildman–Crippen MR) is 54.5 cm³/mol. The maximum absolute atomic E-state index is 12.6. The highest BCUT2D eigenvalue weighted by molar-refractivity contribution is 6.33. The van der Waals surface area contributed by atoms with E-state index in [0.717, 1.165) is 6.07 Å². The molecule has 1 rings (SSSR count). The zero-order valence-corrected chi connectivity index (χ0v) is 8.91. The normalized spacial score (nSPS) is 11.1. The molecule has 88 valence electrons. The second-order valence-corrected chi connectivity index (χ2v) is 3.27. The van der Waals surface area contributed by atoms with Crippen molar-refractivity contribution in [3.63, 3.8) is 0 Å². The van der Waals surface area contributed by atoms with Crippen LogP contribution in [0.1, 0.15) is 5.56 Å². The average Bonchev–Trinajstić information content (AvgIpc) is 2.19. The summed E-state index contributed by atoms with van der Waals surface area (Å²) in [6, 6.07) is 2.51. The van der Waals surface area contributed by atoms with Gasteiger partial charge in [-0.3, -0.25) is 0 Å². The molecule has 0 unspecified atom stereocenters. The summed E-state index contributed by atoms with van der Waals surface area (Å²) in [5.74, 6) is 0. The molecule has 2 N–H and O–H groups in total. The summed E-state index contributed by atoms with van der Waals surface area (Å²) in [5, 5.41) is 4.01. The zero-order valence-electron chi connectivity index (χ0n) is 8.15. The molecular formula is C9H8ClF3N2O. The van der Waals surface area contributed by atoms with E-state index in [0.29, 0.717) is 0 Å². The number of hydrogen-bond donors (Lipinski definition) is 2. The number of amides is 2. The van der Waals surface area contributed by atoms with Crippen LogP contribution in [0.2, 0.25) is 5.02 Å². The third kappa shape index (κ3) is 2.79. The Labute approximate surface area is 94.6 Å². The Balaban J connectivity index is 3.19. The van der Waals surface area contributed by atoms with Gasteiger partial charge in [0.2, 0.25) is 0 Å². The predicted octanol–water partition coefficient (Wildman–Crippen LogP) is 3.11. The van der Waals surface area contributed by atoms with E-state index in [4.69, 9.17) is 11.6 Å². The van der Waals surface area contributed by atoms with Crippen LogP contribution in [0, 0.1) is 0 Å². The van der Waals surface area contributed by atoms with E-state index in [1.807, 2.05) is 5.32 Å². The monoisotopic (exact) mass is 252 g/mol. The van der Waals surface area contributed by atoms with Gasteiger partial charge in [0.15, 0.2) is 0 Å². The van der Waals surface area contributed by atoms with E-state index < -0.39 is 23.5 Å². The number of nitrogens with one attached hydrogen (secondary N) is 2. The molecule has 0 aliphatic heterocycles. The molecule has 0 spiro atoms. The summed E-state index contributed by atoms with van der Waals surface area (Å²) < 4.78 is 37.7. The molecule has 0 aliphatic carbocycles. The van der Waals surface area contributed by atoms with Crippen LogP contribution >= 0.6 is 11.6 Å². The highest BCUT2D eigenvalue weighted by Gasteiger charge is 2.34. The van der Waals surface area contributed by atoms with Gasteiger partial charge >= 0.3 is 12.2 Å². The topological polar surface area (TPSA) is 41.1 Å². The first kappa shape index (κ1) is 12.6. The van der Waals surface area contributed by atoms with E-state index >= 15 is 0 Å². The molecule has 0 heterocycles. The first-order valence-electron chi connectivity index (χ1n) is 4.20. The molecule has 0 saturated heterocycles. The minimum Gasteiger partial charge on any atom is -0.341 e. The molecule has 0 bridgehead atoms. The third-order valence-corrected chi connectivity index (χ3v) is 2.10. The molecule has 0 saturated carbocycles. The van der Waals surface area contributed by atoms with Crippen LogP contribution < -0.4 is 10.6 Å². The fourth-order valence-electron chi connectivity index (χ4n) is 1.06. The molecule has 16 heavy (non-hydrogen) atoms. The Hall–Kier alpha value is -1.43. The van der Waals surface area contributed by atoms with Crippen molar-refractivity contribution < 1.29 is 18.0 Å². The first-order chi connectivity index (χ1) is 7.36. The van der Waals surface area contributed by atoms with Crippen LogP contribution in [0.4, 0.5) is 23.7 Å². The number of halogens is 4. The fourth-order valence-corrected chi connectivity index (χ4v) is 1.29. The van der Waals surface area contributed by atoms with Crippen LogP contribution in [0.3, 0.4) is 0 Å². The van der Waals surface area contributed by atoms with Crippen molar-refractivity contribution in [1.82, 2.24) is 5.32 Å². The lowest BCUT2D eigenvalue weighted by molar-refractivity contribution is -0.136. The van der Waals surface area contributed by atoms with Gasteiger partial charge in [0.05, 0.1) is 16.3 Å². The largest absolute Gasteiger partial charge is 0.418 e. The van der Waals surface area contributed by atoms with Gasteiger partial charge in [-0.25, -0.2) is 4.79 Å². The van der Waals surface area contributed by atoms with Crippen molar-refractivity contribution in [1.29, 1.82) is 0 Å². The molecule has 1 aromatic carbocycles. The lowest BCUT2D eigenvalue weighted by Crippen LogP contribution is -2.26. The Bertz CT molecular complexity index is 406. The summed E-state index contributed by atoms with van der Waals surface area (Å²) in [7, 11) is 1.29. The van der Waals surface area contributed by atoms with E-state index in [2.05, 4.69) is 5.32 Å². The van der Waals surface area contributed by atoms with Crippen LogP contribution in [0.25, 0.3) is 0 Å². The minimum atomic E-state index is -4.57. The molecule has 0 aromatic heterocycles. The average molecular weight is 253 g/mol. The van der Waals surface area contributed by atoms with E-state index in [1.165, 1.54) is 19.2 Å². The van der Waals surface area contributed by atoms with Crippen molar-refractivity contribution in [3.8, 4) is 0 Å². The van der Waals surface area contributed by atoms with Crippen LogP contribution in [0.5, 0.6) is 0 Å². The van der Waals surface area contributed by atoms with Gasteiger partial charge in [-0.2, -0.15) is 13.2 Å². The minimum absolute atomic E-state index is 0.168. The smallest absolute Gasteiger partial charge is 0.341 e. The number of hydrogen-bond acceptors (Lipinski definition) is 1. The summed E-state index contributed by atoms with van der Waals surface area (Å²) >= 11 is 5.59.